The van der Waals surface area contributed by atoms with Crippen molar-refractivity contribution in [3.63, 3.8) is 0 Å². The molecule has 2 heterocycles. The van der Waals surface area contributed by atoms with E-state index in [4.69, 9.17) is 0 Å². The predicted molar refractivity (Wildman–Crippen MR) is 104 cm³/mol. The average Bonchev–Trinajstić information content (AvgIpc) is 2.63. The number of carbonyl (C=O) groups is 1. The van der Waals surface area contributed by atoms with Crippen molar-refractivity contribution in [2.75, 3.05) is 29.9 Å². The third kappa shape index (κ3) is 5.45. The van der Waals surface area contributed by atoms with E-state index >= 15 is 0 Å². The molecule has 1 unspecified atom stereocenters. The minimum Gasteiger partial charge on any atom is -0.326 e. The molecule has 3 rings (SSSR count). The van der Waals surface area contributed by atoms with Gasteiger partial charge in [-0.1, -0.05) is 0 Å². The van der Waals surface area contributed by atoms with Gasteiger partial charge in [-0.3, -0.25) is 4.79 Å². The van der Waals surface area contributed by atoms with Crippen LogP contribution in [0.4, 0.5) is 10.1 Å². The second kappa shape index (κ2) is 9.04. The van der Waals surface area contributed by atoms with Gasteiger partial charge >= 0.3 is 0 Å². The van der Waals surface area contributed by atoms with E-state index in [1.54, 1.807) is 6.07 Å². The number of halogens is 1. The molecule has 5 heteroatoms. The monoisotopic (exact) mass is 364 g/mol. The summed E-state index contributed by atoms with van der Waals surface area (Å²) in [6, 6.07) is 5.26. The highest BCUT2D eigenvalue weighted by Gasteiger charge is 2.27. The number of piperidine rings is 1. The zero-order valence-electron chi connectivity index (χ0n) is 15.1. The zero-order valence-corrected chi connectivity index (χ0v) is 15.9. The highest BCUT2D eigenvalue weighted by molar-refractivity contribution is 7.99. The number of hydrogen-bond donors (Lipinski definition) is 1. The van der Waals surface area contributed by atoms with Gasteiger partial charge in [0.15, 0.2) is 0 Å². The Hall–Kier alpha value is -1.07. The molecule has 0 spiro atoms. The quantitative estimate of drug-likeness (QED) is 0.837. The molecule has 3 nitrogen and oxygen atoms in total. The van der Waals surface area contributed by atoms with Gasteiger partial charge in [0.2, 0.25) is 5.91 Å². The molecule has 0 radical (unpaired) electrons. The van der Waals surface area contributed by atoms with Gasteiger partial charge in [0, 0.05) is 24.7 Å². The van der Waals surface area contributed by atoms with Crippen LogP contribution in [0, 0.1) is 18.7 Å². The number of nitrogens with zero attached hydrogens (tertiary/aromatic N) is 1. The van der Waals surface area contributed by atoms with E-state index in [-0.39, 0.29) is 11.7 Å². The van der Waals surface area contributed by atoms with Crippen molar-refractivity contribution in [3.8, 4) is 0 Å². The Kier molecular flexibility index (Phi) is 6.77. The van der Waals surface area contributed by atoms with Gasteiger partial charge < -0.3 is 10.2 Å². The van der Waals surface area contributed by atoms with Crippen molar-refractivity contribution >= 4 is 23.4 Å². The predicted octanol–water partition coefficient (Wildman–Crippen LogP) is 4.46. The van der Waals surface area contributed by atoms with Gasteiger partial charge in [-0.15, -0.1) is 0 Å². The van der Waals surface area contributed by atoms with Crippen LogP contribution in [-0.4, -0.2) is 41.4 Å². The molecular weight excluding hydrogens is 335 g/mol. The van der Waals surface area contributed by atoms with Gasteiger partial charge in [0.25, 0.3) is 0 Å². The average molecular weight is 365 g/mol. The molecule has 1 atom stereocenters. The van der Waals surface area contributed by atoms with Gasteiger partial charge in [-0.05, 0) is 86.8 Å². The van der Waals surface area contributed by atoms with Crippen LogP contribution in [0.25, 0.3) is 0 Å². The topological polar surface area (TPSA) is 32.3 Å². The highest BCUT2D eigenvalue weighted by atomic mass is 32.2. The molecule has 2 aliphatic heterocycles. The number of amides is 1. The SMILES string of the molecule is Cc1cc(F)ccc1NC(=O)CCC1CCCN(C2CCSCC2)C1. The van der Waals surface area contributed by atoms with Crippen LogP contribution in [0.2, 0.25) is 0 Å². The van der Waals surface area contributed by atoms with E-state index in [0.717, 1.165) is 30.3 Å². The van der Waals surface area contributed by atoms with Crippen molar-refractivity contribution in [1.82, 2.24) is 4.90 Å². The summed E-state index contributed by atoms with van der Waals surface area (Å²) in [5.74, 6) is 3.00. The van der Waals surface area contributed by atoms with E-state index in [1.807, 2.05) is 6.92 Å². The Labute approximate surface area is 154 Å². The number of rotatable bonds is 5. The van der Waals surface area contributed by atoms with E-state index in [0.29, 0.717) is 12.3 Å². The van der Waals surface area contributed by atoms with Crippen molar-refractivity contribution in [2.45, 2.75) is 51.5 Å². The molecule has 1 aromatic carbocycles. The van der Waals surface area contributed by atoms with Gasteiger partial charge in [-0.2, -0.15) is 11.8 Å². The number of aryl methyl sites for hydroxylation is 1. The van der Waals surface area contributed by atoms with Crippen molar-refractivity contribution in [3.05, 3.63) is 29.6 Å². The molecular formula is C20H29FN2OS. The fraction of sp³-hybridized carbons (Fsp3) is 0.650. The Morgan fingerprint density at radius 2 is 2.12 bits per heavy atom. The highest BCUT2D eigenvalue weighted by Crippen LogP contribution is 2.28. The molecule has 25 heavy (non-hydrogen) atoms. The molecule has 2 aliphatic rings. The molecule has 1 amide bonds. The largest absolute Gasteiger partial charge is 0.326 e. The number of anilines is 1. The second-order valence-electron chi connectivity index (χ2n) is 7.39. The van der Waals surface area contributed by atoms with E-state index < -0.39 is 0 Å². The number of hydrogen-bond acceptors (Lipinski definition) is 3. The van der Waals surface area contributed by atoms with Gasteiger partial charge in [0.05, 0.1) is 0 Å². The first kappa shape index (κ1) is 18.7. The maximum Gasteiger partial charge on any atom is 0.224 e. The Balaban J connectivity index is 1.45. The Morgan fingerprint density at radius 1 is 1.32 bits per heavy atom. The summed E-state index contributed by atoms with van der Waals surface area (Å²) in [4.78, 5) is 14.9. The number of nitrogens with one attached hydrogen (secondary N) is 1. The summed E-state index contributed by atoms with van der Waals surface area (Å²) in [5.41, 5.74) is 1.49. The van der Waals surface area contributed by atoms with Crippen LogP contribution in [-0.2, 0) is 4.79 Å². The lowest BCUT2D eigenvalue weighted by Crippen LogP contribution is -2.44. The maximum atomic E-state index is 13.1. The summed E-state index contributed by atoms with van der Waals surface area (Å²) >= 11 is 2.08. The first-order valence-corrected chi connectivity index (χ1v) is 10.6. The maximum absolute atomic E-state index is 13.1. The van der Waals surface area contributed by atoms with Crippen LogP contribution >= 0.6 is 11.8 Å². The molecule has 0 bridgehead atoms. The van der Waals surface area contributed by atoms with Crippen LogP contribution in [0.1, 0.15) is 44.1 Å². The van der Waals surface area contributed by atoms with Crippen LogP contribution in [0.15, 0.2) is 18.2 Å². The summed E-state index contributed by atoms with van der Waals surface area (Å²) in [6.07, 6.45) is 6.64. The third-order valence-electron chi connectivity index (χ3n) is 5.50. The molecule has 0 aliphatic carbocycles. The van der Waals surface area contributed by atoms with Crippen molar-refractivity contribution in [2.24, 2.45) is 5.92 Å². The van der Waals surface area contributed by atoms with Crippen LogP contribution < -0.4 is 5.32 Å². The molecule has 1 N–H and O–H groups in total. The van der Waals surface area contributed by atoms with E-state index in [2.05, 4.69) is 22.0 Å². The van der Waals surface area contributed by atoms with Crippen molar-refractivity contribution in [1.29, 1.82) is 0 Å². The van der Waals surface area contributed by atoms with E-state index in [9.17, 15) is 9.18 Å². The number of likely N-dealkylation sites (tertiary alicyclic amines) is 1. The Morgan fingerprint density at radius 3 is 2.88 bits per heavy atom. The lowest BCUT2D eigenvalue weighted by Gasteiger charge is -2.40. The smallest absolute Gasteiger partial charge is 0.224 e. The fourth-order valence-electron chi connectivity index (χ4n) is 4.03. The van der Waals surface area contributed by atoms with Crippen LogP contribution in [0.3, 0.4) is 0 Å². The minimum absolute atomic E-state index is 0.0425. The number of thioether (sulfide) groups is 1. The second-order valence-corrected chi connectivity index (χ2v) is 8.62. The summed E-state index contributed by atoms with van der Waals surface area (Å²) in [5, 5.41) is 2.93. The zero-order chi connectivity index (χ0) is 17.6. The Bertz CT molecular complexity index is 589. The first-order valence-electron chi connectivity index (χ1n) is 9.49. The summed E-state index contributed by atoms with van der Waals surface area (Å²) in [6.45, 7) is 4.20. The molecule has 2 fully saturated rings. The third-order valence-corrected chi connectivity index (χ3v) is 6.55. The lowest BCUT2D eigenvalue weighted by atomic mass is 9.91. The minimum atomic E-state index is -0.265. The summed E-state index contributed by atoms with van der Waals surface area (Å²) < 4.78 is 13.1. The number of carbonyl (C=O) groups excluding carboxylic acids is 1. The lowest BCUT2D eigenvalue weighted by molar-refractivity contribution is -0.116. The molecule has 2 saturated heterocycles. The summed E-state index contributed by atoms with van der Waals surface area (Å²) in [7, 11) is 0. The molecule has 0 aromatic heterocycles. The molecule has 1 aromatic rings. The van der Waals surface area contributed by atoms with Gasteiger partial charge in [-0.25, -0.2) is 4.39 Å². The van der Waals surface area contributed by atoms with Gasteiger partial charge in [0.1, 0.15) is 5.82 Å². The first-order chi connectivity index (χ1) is 12.1. The fourth-order valence-corrected chi connectivity index (χ4v) is 5.11. The molecule has 138 valence electrons. The standard InChI is InChI=1S/C20H29FN2OS/c1-15-13-17(21)5-6-19(15)22-20(24)7-4-16-3-2-10-23(14-16)18-8-11-25-12-9-18/h5-6,13,16,18H,2-4,7-12,14H2,1H3,(H,22,24). The number of benzene rings is 1. The van der Waals surface area contributed by atoms with Crippen molar-refractivity contribution < 1.29 is 9.18 Å². The van der Waals surface area contributed by atoms with E-state index in [1.165, 1.54) is 55.9 Å². The van der Waals surface area contributed by atoms with Crippen LogP contribution in [0.5, 0.6) is 0 Å². The molecule has 0 saturated carbocycles. The normalized spacial score (nSPS) is 22.7.